The van der Waals surface area contributed by atoms with Gasteiger partial charge < -0.3 is 14.7 Å². The lowest BCUT2D eigenvalue weighted by molar-refractivity contribution is -0.237. The number of ether oxygens (including phenoxy) is 1. The zero-order chi connectivity index (χ0) is 12.4. The molecule has 1 saturated heterocycles. The lowest BCUT2D eigenvalue weighted by atomic mass is 10.5. The van der Waals surface area contributed by atoms with Crippen LogP contribution in [0.3, 0.4) is 0 Å². The Hall–Kier alpha value is -1.03. The molecule has 0 spiro atoms. The van der Waals surface area contributed by atoms with Gasteiger partial charge in [-0.3, -0.25) is 0 Å². The molecule has 0 bridgehead atoms. The van der Waals surface area contributed by atoms with Crippen molar-refractivity contribution in [2.45, 2.75) is 5.51 Å². The largest absolute Gasteiger partial charge is 0.845 e. The molecule has 1 aliphatic rings. The molecule has 6 nitrogen and oxygen atoms in total. The molecule has 0 aliphatic carbocycles. The summed E-state index contributed by atoms with van der Waals surface area (Å²) >= 11 is 0. The Kier molecular flexibility index (Phi) is 3.63. The molecular formula is C6H8F3N2O4S-. The highest BCUT2D eigenvalue weighted by Gasteiger charge is 2.46. The van der Waals surface area contributed by atoms with Gasteiger partial charge in [0.15, 0.2) is 0 Å². The van der Waals surface area contributed by atoms with E-state index in [1.54, 1.807) is 0 Å². The summed E-state index contributed by atoms with van der Waals surface area (Å²) in [6.07, 6.45) is 0. The fraction of sp³-hybridized carbons (Fsp3) is 0.833. The maximum Gasteiger partial charge on any atom is 0.518 e. The summed E-state index contributed by atoms with van der Waals surface area (Å²) in [5.41, 5.74) is -5.55. The Bertz CT molecular complexity index is 372. The van der Waals surface area contributed by atoms with Crippen LogP contribution in [0.1, 0.15) is 0 Å². The average molecular weight is 261 g/mol. The number of halogens is 3. The third-order valence-electron chi connectivity index (χ3n) is 1.77. The van der Waals surface area contributed by atoms with E-state index in [1.165, 1.54) is 0 Å². The first-order chi connectivity index (χ1) is 7.24. The number of hydrogen-bond donors (Lipinski definition) is 0. The first-order valence-corrected chi connectivity index (χ1v) is 5.59. The standard InChI is InChI=1S/C6H9F3N2O4S/c7-6(8,9)16(13,14)10-5(12)11-1-3-15-4-2-11/h1-4H2,(H,10,12)/p-1. The summed E-state index contributed by atoms with van der Waals surface area (Å²) in [5.74, 6) is 0. The van der Waals surface area contributed by atoms with Gasteiger partial charge >= 0.3 is 15.5 Å². The molecule has 0 unspecified atom stereocenters. The van der Waals surface area contributed by atoms with Gasteiger partial charge in [-0.15, -0.1) is 0 Å². The van der Waals surface area contributed by atoms with Crippen LogP contribution in [0.4, 0.5) is 13.2 Å². The van der Waals surface area contributed by atoms with Crippen LogP contribution in [0.25, 0.3) is 0 Å². The third-order valence-corrected chi connectivity index (χ3v) is 2.75. The van der Waals surface area contributed by atoms with Gasteiger partial charge in [0.25, 0.3) is 0 Å². The predicted molar refractivity (Wildman–Crippen MR) is 44.8 cm³/mol. The van der Waals surface area contributed by atoms with Gasteiger partial charge in [-0.2, -0.15) is 26.0 Å². The Morgan fingerprint density at radius 1 is 1.31 bits per heavy atom. The Labute approximate surface area is 89.4 Å². The second kappa shape index (κ2) is 4.45. The van der Waals surface area contributed by atoms with Gasteiger partial charge in [-0.1, -0.05) is 0 Å². The van der Waals surface area contributed by atoms with Gasteiger partial charge in [-0.05, 0) is 0 Å². The number of rotatable bonds is 1. The molecule has 10 heteroatoms. The van der Waals surface area contributed by atoms with Crippen LogP contribution in [0.5, 0.6) is 0 Å². The van der Waals surface area contributed by atoms with Crippen molar-refractivity contribution in [1.82, 2.24) is 4.90 Å². The van der Waals surface area contributed by atoms with Gasteiger partial charge in [0.1, 0.15) is 0 Å². The molecular weight excluding hydrogens is 253 g/mol. The van der Waals surface area contributed by atoms with Crippen molar-refractivity contribution in [3.8, 4) is 0 Å². The minimum atomic E-state index is -5.75. The highest BCUT2D eigenvalue weighted by Crippen LogP contribution is 2.24. The molecule has 16 heavy (non-hydrogen) atoms. The molecule has 1 rings (SSSR count). The molecule has 0 atom stereocenters. The normalized spacial score (nSPS) is 19.9. The molecule has 1 aliphatic heterocycles. The Balaban J connectivity index is 2.83. The zero-order valence-corrected chi connectivity index (χ0v) is 8.71. The average Bonchev–Trinajstić information content (AvgIpc) is 2.16. The molecule has 94 valence electrons. The molecule has 0 aromatic rings. The number of sulfonamides is 1. The molecule has 1 heterocycles. The third kappa shape index (κ3) is 2.98. The molecule has 0 N–H and O–H groups in total. The maximum atomic E-state index is 11.9. The smallest absolute Gasteiger partial charge is 0.518 e. The van der Waals surface area contributed by atoms with Crippen molar-refractivity contribution in [1.29, 1.82) is 0 Å². The first-order valence-electron chi connectivity index (χ1n) is 4.15. The van der Waals surface area contributed by atoms with Crippen molar-refractivity contribution < 1.29 is 31.4 Å². The van der Waals surface area contributed by atoms with Crippen LogP contribution in [-0.4, -0.2) is 51.2 Å². The predicted octanol–water partition coefficient (Wildman–Crippen LogP) is -1.12. The lowest BCUT2D eigenvalue weighted by Crippen LogP contribution is -2.47. The summed E-state index contributed by atoms with van der Waals surface area (Å²) in [7, 11) is -5.75. The molecule has 0 aromatic heterocycles. The zero-order valence-electron chi connectivity index (χ0n) is 7.90. The van der Waals surface area contributed by atoms with Crippen LogP contribution in [-0.2, 0) is 14.8 Å². The second-order valence-electron chi connectivity index (χ2n) is 2.89. The van der Waals surface area contributed by atoms with Crippen LogP contribution < -0.4 is 5.11 Å². The van der Waals surface area contributed by atoms with Crippen molar-refractivity contribution >= 4 is 16.0 Å². The topological polar surface area (TPSA) is 82.0 Å². The number of morpholine rings is 1. The van der Waals surface area contributed by atoms with E-state index in [2.05, 4.69) is 4.40 Å². The van der Waals surface area contributed by atoms with E-state index in [9.17, 15) is 26.7 Å². The molecule has 0 amide bonds. The summed E-state index contributed by atoms with van der Waals surface area (Å²) < 4.78 is 63.7. The second-order valence-corrected chi connectivity index (χ2v) is 4.49. The van der Waals surface area contributed by atoms with E-state index in [0.29, 0.717) is 0 Å². The van der Waals surface area contributed by atoms with E-state index in [1.807, 2.05) is 0 Å². The van der Waals surface area contributed by atoms with Crippen molar-refractivity contribution in [3.05, 3.63) is 0 Å². The Morgan fingerprint density at radius 2 is 1.81 bits per heavy atom. The fourth-order valence-electron chi connectivity index (χ4n) is 0.967. The van der Waals surface area contributed by atoms with E-state index < -0.39 is 21.6 Å². The summed E-state index contributed by atoms with van der Waals surface area (Å²) in [4.78, 5) is 0.882. The van der Waals surface area contributed by atoms with Crippen LogP contribution in [0, 0.1) is 0 Å². The van der Waals surface area contributed by atoms with Crippen molar-refractivity contribution in [2.24, 2.45) is 4.40 Å². The van der Waals surface area contributed by atoms with E-state index in [-0.39, 0.29) is 26.3 Å². The number of nitrogens with zero attached hydrogens (tertiary/aromatic N) is 2. The lowest BCUT2D eigenvalue weighted by Gasteiger charge is -2.32. The highest BCUT2D eigenvalue weighted by atomic mass is 32.2. The first kappa shape index (κ1) is 13.0. The van der Waals surface area contributed by atoms with Gasteiger partial charge in [0, 0.05) is 13.1 Å². The quantitative estimate of drug-likeness (QED) is 0.441. The van der Waals surface area contributed by atoms with Crippen LogP contribution in [0.15, 0.2) is 4.40 Å². The van der Waals surface area contributed by atoms with Gasteiger partial charge in [0.2, 0.25) is 0 Å². The van der Waals surface area contributed by atoms with E-state index >= 15 is 0 Å². The van der Waals surface area contributed by atoms with Crippen LogP contribution in [0.2, 0.25) is 0 Å². The molecule has 1 fully saturated rings. The molecule has 0 radical (unpaired) electrons. The summed E-state index contributed by atoms with van der Waals surface area (Å²) in [6, 6.07) is -1.42. The summed E-state index contributed by atoms with van der Waals surface area (Å²) in [5, 5.41) is 11.1. The van der Waals surface area contributed by atoms with Gasteiger partial charge in [-0.25, -0.2) is 0 Å². The maximum absolute atomic E-state index is 11.9. The summed E-state index contributed by atoms with van der Waals surface area (Å²) in [6.45, 7) is 0.339. The number of hydrogen-bond acceptors (Lipinski definition) is 4. The minimum Gasteiger partial charge on any atom is -0.845 e. The number of alkyl halides is 3. The molecule has 0 aromatic carbocycles. The van der Waals surface area contributed by atoms with Crippen molar-refractivity contribution in [3.63, 3.8) is 0 Å². The van der Waals surface area contributed by atoms with Crippen LogP contribution >= 0.6 is 0 Å². The fourth-order valence-corrected chi connectivity index (χ4v) is 1.39. The monoisotopic (exact) mass is 261 g/mol. The van der Waals surface area contributed by atoms with E-state index in [0.717, 1.165) is 4.90 Å². The molecule has 0 saturated carbocycles. The van der Waals surface area contributed by atoms with E-state index in [4.69, 9.17) is 4.74 Å². The SMILES string of the molecule is O=S(=O)(/N=C(\[O-])N1CCOCC1)C(F)(F)F. The highest BCUT2D eigenvalue weighted by molar-refractivity contribution is 7.91. The minimum absolute atomic E-state index is 0.0235. The number of amidine groups is 1. The van der Waals surface area contributed by atoms with Crippen molar-refractivity contribution in [2.75, 3.05) is 26.3 Å². The Morgan fingerprint density at radius 3 is 2.25 bits per heavy atom. The van der Waals surface area contributed by atoms with Gasteiger partial charge in [0.05, 0.1) is 19.2 Å².